The fourth-order valence-corrected chi connectivity index (χ4v) is 3.18. The molecule has 3 rings (SSSR count). The van der Waals surface area contributed by atoms with Crippen molar-refractivity contribution in [2.45, 2.75) is 39.0 Å². The Morgan fingerprint density at radius 1 is 1.33 bits per heavy atom. The smallest absolute Gasteiger partial charge is 0.349 e. The van der Waals surface area contributed by atoms with E-state index >= 15 is 0 Å². The average Bonchev–Trinajstić information content (AvgIpc) is 2.69. The van der Waals surface area contributed by atoms with Gasteiger partial charge in [0.25, 0.3) is 0 Å². The van der Waals surface area contributed by atoms with Crippen LogP contribution in [-0.2, 0) is 29.0 Å². The molecule has 0 saturated heterocycles. The molecule has 7 heteroatoms. The van der Waals surface area contributed by atoms with Crippen molar-refractivity contribution in [3.63, 3.8) is 0 Å². The predicted molar refractivity (Wildman–Crippen MR) is 99.2 cm³/mol. The van der Waals surface area contributed by atoms with Crippen molar-refractivity contribution in [2.24, 2.45) is 5.92 Å². The van der Waals surface area contributed by atoms with Gasteiger partial charge in [0.1, 0.15) is 5.82 Å². The fraction of sp³-hybridized carbons (Fsp3) is 0.450. The summed E-state index contributed by atoms with van der Waals surface area (Å²) in [7, 11) is 0. The van der Waals surface area contributed by atoms with Gasteiger partial charge in [-0.25, -0.2) is 14.8 Å². The molecule has 0 aliphatic carbocycles. The molecule has 144 valence electrons. The summed E-state index contributed by atoms with van der Waals surface area (Å²) in [5, 5.41) is 3.33. The van der Waals surface area contributed by atoms with Gasteiger partial charge in [-0.05, 0) is 42.4 Å². The maximum atomic E-state index is 11.8. The lowest BCUT2D eigenvalue weighted by molar-refractivity contribution is -0.184. The van der Waals surface area contributed by atoms with Crippen molar-refractivity contribution in [3.05, 3.63) is 47.3 Å². The van der Waals surface area contributed by atoms with E-state index in [-0.39, 0.29) is 12.3 Å². The second-order valence-electron chi connectivity index (χ2n) is 6.91. The monoisotopic (exact) mass is 373 g/mol. The van der Waals surface area contributed by atoms with Gasteiger partial charge in [0.05, 0.1) is 13.0 Å². The van der Waals surface area contributed by atoms with Crippen LogP contribution in [0.5, 0.6) is 5.88 Å². The number of nitrogens with one attached hydrogen (secondary N) is 1. The van der Waals surface area contributed by atoms with Gasteiger partial charge in [-0.1, -0.05) is 19.1 Å². The molecule has 1 aliphatic heterocycles. The molecule has 0 saturated carbocycles. The van der Waals surface area contributed by atoms with Crippen molar-refractivity contribution < 1.29 is 19.0 Å². The van der Waals surface area contributed by atoms with Crippen LogP contribution in [0.4, 0.5) is 10.3 Å². The minimum atomic E-state index is -0.846. The first-order chi connectivity index (χ1) is 13.1. The lowest BCUT2D eigenvalue weighted by Gasteiger charge is -2.17. The number of carbonyl (C=O) groups excluding carboxylic acids is 1. The fourth-order valence-electron chi connectivity index (χ4n) is 3.18. The summed E-state index contributed by atoms with van der Waals surface area (Å²) in [4.78, 5) is 23.1. The molecular weight excluding hydrogens is 349 g/mol. The first-order valence-corrected chi connectivity index (χ1v) is 9.26. The average molecular weight is 373 g/mol. The molecule has 6 nitrogen and oxygen atoms in total. The van der Waals surface area contributed by atoms with Gasteiger partial charge < -0.3 is 10.1 Å². The lowest BCUT2D eigenvalue weighted by Crippen LogP contribution is -2.14. The van der Waals surface area contributed by atoms with Crippen LogP contribution in [0, 0.1) is 5.92 Å². The van der Waals surface area contributed by atoms with E-state index in [1.165, 1.54) is 5.56 Å². The van der Waals surface area contributed by atoms with Crippen LogP contribution in [-0.4, -0.2) is 29.1 Å². The predicted octanol–water partition coefficient (Wildman–Crippen LogP) is 3.45. The van der Waals surface area contributed by atoms with Crippen LogP contribution in [0.25, 0.3) is 0 Å². The van der Waals surface area contributed by atoms with Crippen LogP contribution in [0.1, 0.15) is 36.6 Å². The van der Waals surface area contributed by atoms with Crippen molar-refractivity contribution in [1.82, 2.24) is 9.97 Å². The molecule has 2 aromatic rings. The molecule has 0 aromatic carbocycles. The SMILES string of the molecule is CC(CC(=O)OF)Cc1ccc(OCCc2ccc3c(n2)NCCC3)nc1. The van der Waals surface area contributed by atoms with E-state index in [2.05, 4.69) is 32.4 Å². The Morgan fingerprint density at radius 3 is 3.00 bits per heavy atom. The van der Waals surface area contributed by atoms with Gasteiger partial charge in [-0.3, -0.25) is 4.94 Å². The number of anilines is 1. The van der Waals surface area contributed by atoms with E-state index in [9.17, 15) is 9.32 Å². The zero-order valence-corrected chi connectivity index (χ0v) is 15.4. The second kappa shape index (κ2) is 9.30. The number of ether oxygens (including phenoxy) is 1. The molecule has 0 bridgehead atoms. The number of hydrogen-bond donors (Lipinski definition) is 1. The molecule has 1 aliphatic rings. The zero-order valence-electron chi connectivity index (χ0n) is 15.4. The van der Waals surface area contributed by atoms with E-state index in [1.54, 1.807) is 12.3 Å². The molecule has 27 heavy (non-hydrogen) atoms. The Labute approximate surface area is 158 Å². The Morgan fingerprint density at radius 2 is 2.22 bits per heavy atom. The van der Waals surface area contributed by atoms with Crippen molar-refractivity contribution in [1.29, 1.82) is 0 Å². The molecule has 1 N–H and O–H groups in total. The van der Waals surface area contributed by atoms with Gasteiger partial charge in [0.15, 0.2) is 0 Å². The molecule has 2 aromatic heterocycles. The highest BCUT2D eigenvalue weighted by atomic mass is 19.3. The molecule has 0 fully saturated rings. The number of rotatable bonds is 8. The molecule has 0 amide bonds. The first-order valence-electron chi connectivity index (χ1n) is 9.26. The third kappa shape index (κ3) is 5.64. The molecule has 0 radical (unpaired) electrons. The molecule has 1 unspecified atom stereocenters. The highest BCUT2D eigenvalue weighted by Gasteiger charge is 2.12. The molecule has 3 heterocycles. The quantitative estimate of drug-likeness (QED) is 0.764. The number of aromatic nitrogens is 2. The van der Waals surface area contributed by atoms with Crippen LogP contribution < -0.4 is 10.1 Å². The maximum Gasteiger partial charge on any atom is 0.349 e. The van der Waals surface area contributed by atoms with E-state index in [1.807, 2.05) is 13.0 Å². The number of halogens is 1. The van der Waals surface area contributed by atoms with Crippen molar-refractivity contribution >= 4 is 11.8 Å². The number of hydrogen-bond acceptors (Lipinski definition) is 6. The van der Waals surface area contributed by atoms with E-state index in [0.29, 0.717) is 25.3 Å². The molecule has 0 spiro atoms. The minimum Gasteiger partial charge on any atom is -0.477 e. The largest absolute Gasteiger partial charge is 0.477 e. The van der Waals surface area contributed by atoms with Crippen molar-refractivity contribution in [2.75, 3.05) is 18.5 Å². The van der Waals surface area contributed by atoms with Gasteiger partial charge >= 0.3 is 5.97 Å². The van der Waals surface area contributed by atoms with Gasteiger partial charge in [0, 0.05) is 35.4 Å². The van der Waals surface area contributed by atoms with E-state index < -0.39 is 5.97 Å². The maximum absolute atomic E-state index is 11.8. The number of aryl methyl sites for hydroxylation is 1. The number of pyridine rings is 2. The third-order valence-electron chi connectivity index (χ3n) is 4.54. The molecular formula is C20H24FN3O3. The Bertz CT molecular complexity index is 768. The minimum absolute atomic E-state index is 0.0227. The van der Waals surface area contributed by atoms with E-state index in [4.69, 9.17) is 4.74 Å². The number of nitrogens with zero attached hydrogens (tertiary/aromatic N) is 2. The standard InChI is InChI=1S/C20H24FN3O3/c1-14(12-19(25)27-21)11-15-4-7-18(23-13-15)26-10-8-17-6-5-16-3-2-9-22-20(16)24-17/h4-7,13-14H,2-3,8-12H2,1H3,(H,22,24). The Balaban J connectivity index is 1.45. The van der Waals surface area contributed by atoms with Gasteiger partial charge in [-0.15, -0.1) is 0 Å². The highest BCUT2D eigenvalue weighted by Crippen LogP contribution is 2.20. The third-order valence-corrected chi connectivity index (χ3v) is 4.54. The van der Waals surface area contributed by atoms with Gasteiger partial charge in [-0.2, -0.15) is 0 Å². The number of carbonyl (C=O) groups is 1. The molecule has 1 atom stereocenters. The zero-order chi connectivity index (χ0) is 19.1. The summed E-state index contributed by atoms with van der Waals surface area (Å²) in [5.74, 6) is 0.671. The summed E-state index contributed by atoms with van der Waals surface area (Å²) >= 11 is 0. The van der Waals surface area contributed by atoms with Crippen LogP contribution >= 0.6 is 0 Å². The first kappa shape index (κ1) is 19.1. The Hall–Kier alpha value is -2.70. The summed E-state index contributed by atoms with van der Waals surface area (Å²) in [6, 6.07) is 7.89. The lowest BCUT2D eigenvalue weighted by atomic mass is 9.99. The summed E-state index contributed by atoms with van der Waals surface area (Å²) in [6.45, 7) is 3.34. The van der Waals surface area contributed by atoms with Gasteiger partial charge in [0.2, 0.25) is 5.88 Å². The second-order valence-corrected chi connectivity index (χ2v) is 6.91. The highest BCUT2D eigenvalue weighted by molar-refractivity contribution is 5.68. The van der Waals surface area contributed by atoms with Crippen LogP contribution in [0.15, 0.2) is 30.5 Å². The number of fused-ring (bicyclic) bond motifs is 1. The van der Waals surface area contributed by atoms with E-state index in [0.717, 1.165) is 36.5 Å². The van der Waals surface area contributed by atoms with Crippen LogP contribution in [0.2, 0.25) is 0 Å². The van der Waals surface area contributed by atoms with Crippen LogP contribution in [0.3, 0.4) is 0 Å². The summed E-state index contributed by atoms with van der Waals surface area (Å²) < 4.78 is 17.5. The normalized spacial score (nSPS) is 14.0. The topological polar surface area (TPSA) is 73.3 Å². The Kier molecular flexibility index (Phi) is 6.57. The van der Waals surface area contributed by atoms with Crippen molar-refractivity contribution in [3.8, 4) is 5.88 Å². The summed E-state index contributed by atoms with van der Waals surface area (Å²) in [6.07, 6.45) is 5.31. The summed E-state index contributed by atoms with van der Waals surface area (Å²) in [5.41, 5.74) is 3.23.